The van der Waals surface area contributed by atoms with Gasteiger partial charge in [-0.2, -0.15) is 0 Å². The minimum Gasteiger partial charge on any atom is -0.458 e. The zero-order valence-corrected chi connectivity index (χ0v) is 21.0. The van der Waals surface area contributed by atoms with Gasteiger partial charge in [0.25, 0.3) is 6.71 Å². The second kappa shape index (κ2) is 7.63. The minimum absolute atomic E-state index is 0.0974. The monoisotopic (exact) mass is 476 g/mol. The second-order valence-corrected chi connectivity index (χ2v) is 10.5. The number of ether oxygens (including phenoxy) is 2. The summed E-state index contributed by atoms with van der Waals surface area (Å²) in [5, 5.41) is 0. The second-order valence-electron chi connectivity index (χ2n) is 10.5. The standard InChI is InChI=1S/C34H25BO2/c1-20-7-3-5-9-25(20)22-12-15-28-30(17-22)36-32-19-24-11-14-27(24)34-33(32)35(28)29-16-13-23(18-31(29)37-34)26-10-6-4-8-21(26)2/h3-10,12-13,15-19H,11,14H2,1-2H3. The van der Waals surface area contributed by atoms with Gasteiger partial charge < -0.3 is 9.47 Å². The van der Waals surface area contributed by atoms with E-state index in [-0.39, 0.29) is 6.71 Å². The summed E-state index contributed by atoms with van der Waals surface area (Å²) in [7, 11) is 0. The molecule has 8 rings (SSSR count). The predicted octanol–water partition coefficient (Wildman–Crippen LogP) is 6.46. The van der Waals surface area contributed by atoms with Gasteiger partial charge in [-0.05, 0) is 100 Å². The lowest BCUT2D eigenvalue weighted by Crippen LogP contribution is -2.58. The van der Waals surface area contributed by atoms with E-state index in [2.05, 4.69) is 105 Å². The smallest absolute Gasteiger partial charge is 0.260 e. The molecule has 0 spiro atoms. The Kier molecular flexibility index (Phi) is 4.31. The molecule has 0 bridgehead atoms. The van der Waals surface area contributed by atoms with Gasteiger partial charge in [0.05, 0.1) is 0 Å². The van der Waals surface area contributed by atoms with Crippen LogP contribution in [0.3, 0.4) is 0 Å². The van der Waals surface area contributed by atoms with Gasteiger partial charge >= 0.3 is 0 Å². The molecule has 0 fully saturated rings. The summed E-state index contributed by atoms with van der Waals surface area (Å²) in [5.74, 6) is 3.87. The zero-order chi connectivity index (χ0) is 24.7. The molecule has 0 aromatic heterocycles. The van der Waals surface area contributed by atoms with E-state index in [1.165, 1.54) is 60.9 Å². The van der Waals surface area contributed by atoms with E-state index < -0.39 is 0 Å². The van der Waals surface area contributed by atoms with E-state index >= 15 is 0 Å². The Morgan fingerprint density at radius 1 is 0.595 bits per heavy atom. The molecule has 0 atom stereocenters. The lowest BCUT2D eigenvalue weighted by molar-refractivity contribution is 0.454. The van der Waals surface area contributed by atoms with Crippen molar-refractivity contribution in [3.05, 3.63) is 113 Å². The lowest BCUT2D eigenvalue weighted by atomic mass is 9.34. The Balaban J connectivity index is 1.33. The van der Waals surface area contributed by atoms with Crippen molar-refractivity contribution >= 4 is 23.1 Å². The number of aryl methyl sites for hydroxylation is 3. The molecule has 3 aliphatic rings. The van der Waals surface area contributed by atoms with Crippen molar-refractivity contribution in [3.63, 3.8) is 0 Å². The van der Waals surface area contributed by atoms with Crippen LogP contribution >= 0.6 is 0 Å². The summed E-state index contributed by atoms with van der Waals surface area (Å²) >= 11 is 0. The summed E-state index contributed by atoms with van der Waals surface area (Å²) in [4.78, 5) is 0. The summed E-state index contributed by atoms with van der Waals surface area (Å²) < 4.78 is 13.4. The van der Waals surface area contributed by atoms with E-state index in [0.29, 0.717) is 0 Å². The summed E-state index contributed by atoms with van der Waals surface area (Å²) in [6.07, 6.45) is 2.15. The van der Waals surface area contributed by atoms with E-state index in [1.54, 1.807) is 0 Å². The van der Waals surface area contributed by atoms with Crippen LogP contribution in [0.5, 0.6) is 23.0 Å². The van der Waals surface area contributed by atoms with Crippen LogP contribution in [-0.4, -0.2) is 6.71 Å². The predicted molar refractivity (Wildman–Crippen MR) is 152 cm³/mol. The largest absolute Gasteiger partial charge is 0.458 e. The first-order valence-corrected chi connectivity index (χ1v) is 13.1. The molecule has 0 saturated heterocycles. The average Bonchev–Trinajstić information content (AvgIpc) is 2.90. The van der Waals surface area contributed by atoms with Crippen molar-refractivity contribution in [2.45, 2.75) is 26.7 Å². The highest BCUT2D eigenvalue weighted by Crippen LogP contribution is 2.43. The van der Waals surface area contributed by atoms with Crippen molar-refractivity contribution in [2.75, 3.05) is 0 Å². The Morgan fingerprint density at radius 2 is 1.19 bits per heavy atom. The molecule has 0 unspecified atom stereocenters. The Hall–Kier alpha value is -4.24. The molecule has 5 aromatic rings. The van der Waals surface area contributed by atoms with Gasteiger partial charge in [-0.25, -0.2) is 0 Å². The lowest BCUT2D eigenvalue weighted by Gasteiger charge is -2.37. The molecule has 2 heterocycles. The zero-order valence-electron chi connectivity index (χ0n) is 21.0. The van der Waals surface area contributed by atoms with Crippen molar-refractivity contribution in [2.24, 2.45) is 0 Å². The van der Waals surface area contributed by atoms with Gasteiger partial charge in [0, 0.05) is 5.46 Å². The molecule has 0 N–H and O–H groups in total. The van der Waals surface area contributed by atoms with Crippen molar-refractivity contribution in [3.8, 4) is 45.3 Å². The highest BCUT2D eigenvalue weighted by Gasteiger charge is 2.43. The molecule has 37 heavy (non-hydrogen) atoms. The van der Waals surface area contributed by atoms with Crippen LogP contribution in [0.15, 0.2) is 91.0 Å². The van der Waals surface area contributed by atoms with Crippen LogP contribution in [0.25, 0.3) is 22.3 Å². The quantitative estimate of drug-likeness (QED) is 0.267. The van der Waals surface area contributed by atoms with Crippen molar-refractivity contribution < 1.29 is 9.47 Å². The summed E-state index contributed by atoms with van der Waals surface area (Å²) in [6.45, 7) is 4.43. The van der Waals surface area contributed by atoms with Crippen LogP contribution in [0.1, 0.15) is 22.3 Å². The molecule has 0 amide bonds. The maximum Gasteiger partial charge on any atom is 0.260 e. The van der Waals surface area contributed by atoms with Crippen LogP contribution in [0.4, 0.5) is 0 Å². The molecular weight excluding hydrogens is 451 g/mol. The fraction of sp³-hybridized carbons (Fsp3) is 0.118. The van der Waals surface area contributed by atoms with E-state index in [9.17, 15) is 0 Å². The van der Waals surface area contributed by atoms with Gasteiger partial charge in [-0.3, -0.25) is 0 Å². The third-order valence-electron chi connectivity index (χ3n) is 8.40. The van der Waals surface area contributed by atoms with Crippen LogP contribution in [-0.2, 0) is 12.8 Å². The first-order chi connectivity index (χ1) is 18.2. The van der Waals surface area contributed by atoms with Crippen molar-refractivity contribution in [1.29, 1.82) is 0 Å². The Morgan fingerprint density at radius 3 is 1.76 bits per heavy atom. The van der Waals surface area contributed by atoms with Crippen molar-refractivity contribution in [1.82, 2.24) is 0 Å². The summed E-state index contributed by atoms with van der Waals surface area (Å²) in [6, 6.07) is 32.8. The molecule has 2 nitrogen and oxygen atoms in total. The number of benzene rings is 5. The van der Waals surface area contributed by atoms with Gasteiger partial charge in [0.1, 0.15) is 23.0 Å². The van der Waals surface area contributed by atoms with Crippen LogP contribution < -0.4 is 25.9 Å². The SMILES string of the molecule is Cc1ccccc1-c1ccc2c(c1)Oc1cc3c(c4c1B2c1ccc(-c2ccccc2C)cc1O4)CC3. The van der Waals surface area contributed by atoms with E-state index in [1.807, 2.05) is 0 Å². The fourth-order valence-electron chi connectivity index (χ4n) is 6.36. The maximum atomic E-state index is 6.73. The number of hydrogen-bond acceptors (Lipinski definition) is 2. The number of fused-ring (bicyclic) bond motifs is 6. The van der Waals surface area contributed by atoms with Crippen LogP contribution in [0, 0.1) is 13.8 Å². The fourth-order valence-corrected chi connectivity index (χ4v) is 6.36. The molecule has 0 saturated carbocycles. The molecule has 5 aromatic carbocycles. The molecule has 2 aliphatic heterocycles. The third kappa shape index (κ3) is 3.01. The molecule has 0 radical (unpaired) electrons. The number of rotatable bonds is 2. The van der Waals surface area contributed by atoms with Gasteiger partial charge in [-0.15, -0.1) is 0 Å². The third-order valence-corrected chi connectivity index (χ3v) is 8.40. The molecular formula is C34H25BO2. The summed E-state index contributed by atoms with van der Waals surface area (Å²) in [5.41, 5.74) is 13.7. The number of hydrogen-bond donors (Lipinski definition) is 0. The van der Waals surface area contributed by atoms with E-state index in [0.717, 1.165) is 35.8 Å². The highest BCUT2D eigenvalue weighted by atomic mass is 16.5. The first-order valence-electron chi connectivity index (χ1n) is 13.1. The van der Waals surface area contributed by atoms with Crippen LogP contribution in [0.2, 0.25) is 0 Å². The molecule has 176 valence electrons. The average molecular weight is 476 g/mol. The Bertz CT molecular complexity index is 1760. The Labute approximate surface area is 217 Å². The molecule has 3 heteroatoms. The van der Waals surface area contributed by atoms with E-state index in [4.69, 9.17) is 9.47 Å². The molecule has 1 aliphatic carbocycles. The first kappa shape index (κ1) is 20.9. The maximum absolute atomic E-state index is 6.73. The van der Waals surface area contributed by atoms with Gasteiger partial charge in [-0.1, -0.05) is 72.8 Å². The van der Waals surface area contributed by atoms with Gasteiger partial charge in [0.2, 0.25) is 0 Å². The van der Waals surface area contributed by atoms with Gasteiger partial charge in [0.15, 0.2) is 0 Å². The topological polar surface area (TPSA) is 18.5 Å². The minimum atomic E-state index is 0.0974. The highest BCUT2D eigenvalue weighted by molar-refractivity contribution is 6.98. The normalized spacial score (nSPS) is 13.8.